The van der Waals surface area contributed by atoms with Crippen LogP contribution in [0.2, 0.25) is 0 Å². The molecular formula is C9H12N4. The number of pyridine rings is 1. The first-order valence-corrected chi connectivity index (χ1v) is 3.85. The molecule has 2 N–H and O–H groups in total. The summed E-state index contributed by atoms with van der Waals surface area (Å²) < 4.78 is 0. The molecule has 1 heterocycles. The number of hydrazone groups is 1. The summed E-state index contributed by atoms with van der Waals surface area (Å²) >= 11 is 0. The molecule has 0 fully saturated rings. The lowest BCUT2D eigenvalue weighted by atomic mass is 10.3. The van der Waals surface area contributed by atoms with Gasteiger partial charge in [-0.05, 0) is 12.1 Å². The number of nitrogens with zero attached hydrogens (tertiary/aromatic N) is 3. The van der Waals surface area contributed by atoms with Crippen molar-refractivity contribution < 1.29 is 0 Å². The van der Waals surface area contributed by atoms with E-state index < -0.39 is 0 Å². The summed E-state index contributed by atoms with van der Waals surface area (Å²) in [7, 11) is 1.75. The van der Waals surface area contributed by atoms with Crippen molar-refractivity contribution in [1.29, 1.82) is 0 Å². The minimum atomic E-state index is 0.378. The molecule has 1 rings (SSSR count). The molecule has 0 saturated carbocycles. The highest BCUT2D eigenvalue weighted by atomic mass is 15.4. The summed E-state index contributed by atoms with van der Waals surface area (Å²) in [5.74, 6) is 0.378. The average molecular weight is 176 g/mol. The Morgan fingerprint density at radius 2 is 2.46 bits per heavy atom. The van der Waals surface area contributed by atoms with Gasteiger partial charge in [0.15, 0.2) is 5.84 Å². The molecule has 0 unspecified atom stereocenters. The summed E-state index contributed by atoms with van der Waals surface area (Å²) in [6, 6.07) is 5.49. The molecule has 0 aliphatic rings. The average Bonchev–Trinajstić information content (AvgIpc) is 2.19. The molecule has 68 valence electrons. The van der Waals surface area contributed by atoms with Crippen LogP contribution in [0.4, 0.5) is 0 Å². The molecule has 1 aromatic heterocycles. The topological polar surface area (TPSA) is 54.5 Å². The van der Waals surface area contributed by atoms with E-state index in [0.717, 1.165) is 0 Å². The smallest absolute Gasteiger partial charge is 0.169 e. The van der Waals surface area contributed by atoms with E-state index in [1.54, 1.807) is 25.5 Å². The van der Waals surface area contributed by atoms with E-state index in [-0.39, 0.29) is 0 Å². The van der Waals surface area contributed by atoms with Crippen molar-refractivity contribution in [2.45, 2.75) is 0 Å². The largest absolute Gasteiger partial charge is 0.380 e. The number of nitrogens with two attached hydrogens (primary N) is 1. The molecule has 0 aliphatic carbocycles. The van der Waals surface area contributed by atoms with Crippen LogP contribution >= 0.6 is 0 Å². The fourth-order valence-electron chi connectivity index (χ4n) is 0.776. The molecule has 0 aromatic carbocycles. The van der Waals surface area contributed by atoms with E-state index in [2.05, 4.69) is 16.7 Å². The van der Waals surface area contributed by atoms with Crippen LogP contribution in [0.3, 0.4) is 0 Å². The van der Waals surface area contributed by atoms with Gasteiger partial charge in [-0.1, -0.05) is 12.6 Å². The molecule has 0 amide bonds. The zero-order valence-electron chi connectivity index (χ0n) is 7.51. The molecule has 13 heavy (non-hydrogen) atoms. The Hall–Kier alpha value is -1.84. The molecule has 4 nitrogen and oxygen atoms in total. The molecule has 0 spiro atoms. The van der Waals surface area contributed by atoms with Gasteiger partial charge in [-0.3, -0.25) is 9.99 Å². The van der Waals surface area contributed by atoms with Gasteiger partial charge >= 0.3 is 0 Å². The third-order valence-corrected chi connectivity index (χ3v) is 1.46. The highest BCUT2D eigenvalue weighted by Gasteiger charge is 1.98. The second kappa shape index (κ2) is 4.25. The predicted molar refractivity (Wildman–Crippen MR) is 52.9 cm³/mol. The number of hydrogen-bond donors (Lipinski definition) is 1. The van der Waals surface area contributed by atoms with Gasteiger partial charge in [-0.2, -0.15) is 5.10 Å². The van der Waals surface area contributed by atoms with E-state index in [1.807, 2.05) is 12.1 Å². The van der Waals surface area contributed by atoms with Crippen molar-refractivity contribution >= 4 is 5.84 Å². The molecule has 0 aliphatic heterocycles. The van der Waals surface area contributed by atoms with Gasteiger partial charge in [0.05, 0.1) is 0 Å². The maximum atomic E-state index is 5.67. The molecule has 0 atom stereocenters. The van der Waals surface area contributed by atoms with Crippen LogP contribution in [0.15, 0.2) is 42.3 Å². The van der Waals surface area contributed by atoms with Crippen LogP contribution in [-0.2, 0) is 0 Å². The Balaban J connectivity index is 2.84. The fourth-order valence-corrected chi connectivity index (χ4v) is 0.776. The van der Waals surface area contributed by atoms with Crippen LogP contribution in [0.25, 0.3) is 0 Å². The van der Waals surface area contributed by atoms with E-state index in [0.29, 0.717) is 11.5 Å². The van der Waals surface area contributed by atoms with Crippen molar-refractivity contribution in [3.05, 3.63) is 42.9 Å². The second-order valence-electron chi connectivity index (χ2n) is 2.46. The summed E-state index contributed by atoms with van der Waals surface area (Å²) in [4.78, 5) is 4.05. The van der Waals surface area contributed by atoms with Gasteiger partial charge in [0, 0.05) is 19.4 Å². The van der Waals surface area contributed by atoms with Gasteiger partial charge in [0.25, 0.3) is 0 Å². The maximum Gasteiger partial charge on any atom is 0.169 e. The van der Waals surface area contributed by atoms with Crippen LogP contribution in [0.1, 0.15) is 5.69 Å². The first-order chi connectivity index (χ1) is 6.24. The predicted octanol–water partition coefficient (Wildman–Crippen LogP) is 0.777. The normalized spacial score (nSPS) is 11.0. The minimum Gasteiger partial charge on any atom is -0.380 e. The number of rotatable bonds is 3. The number of hydrogen-bond acceptors (Lipinski definition) is 3. The van der Waals surface area contributed by atoms with Gasteiger partial charge in [0.1, 0.15) is 5.69 Å². The lowest BCUT2D eigenvalue weighted by molar-refractivity contribution is 0.491. The standard InChI is InChI=1S/C9H12N4/c1-3-13(2)12-9(10)8-6-4-5-7-11-8/h3-7H,1H2,2H3,(H2,10,12). The lowest BCUT2D eigenvalue weighted by Crippen LogP contribution is -2.19. The summed E-state index contributed by atoms with van der Waals surface area (Å²) in [6.07, 6.45) is 3.24. The van der Waals surface area contributed by atoms with Crippen molar-refractivity contribution in [2.24, 2.45) is 10.8 Å². The quantitative estimate of drug-likeness (QED) is 0.420. The summed E-state index contributed by atoms with van der Waals surface area (Å²) in [5, 5.41) is 5.54. The number of aromatic nitrogens is 1. The van der Waals surface area contributed by atoms with Crippen LogP contribution in [0.5, 0.6) is 0 Å². The Kier molecular flexibility index (Phi) is 3.03. The maximum absolute atomic E-state index is 5.67. The monoisotopic (exact) mass is 176 g/mol. The lowest BCUT2D eigenvalue weighted by Gasteiger charge is -2.06. The third-order valence-electron chi connectivity index (χ3n) is 1.46. The zero-order valence-corrected chi connectivity index (χ0v) is 7.51. The van der Waals surface area contributed by atoms with E-state index in [4.69, 9.17) is 5.73 Å². The minimum absolute atomic E-state index is 0.378. The van der Waals surface area contributed by atoms with Crippen molar-refractivity contribution in [2.75, 3.05) is 7.05 Å². The Labute approximate surface area is 77.4 Å². The summed E-state index contributed by atoms with van der Waals surface area (Å²) in [5.41, 5.74) is 6.33. The van der Waals surface area contributed by atoms with Crippen molar-refractivity contribution in [1.82, 2.24) is 9.99 Å². The van der Waals surface area contributed by atoms with Gasteiger partial charge in [0.2, 0.25) is 0 Å². The Morgan fingerprint density at radius 3 is 3.00 bits per heavy atom. The third kappa shape index (κ3) is 2.59. The van der Waals surface area contributed by atoms with Gasteiger partial charge in [-0.15, -0.1) is 0 Å². The highest BCUT2D eigenvalue weighted by Crippen LogP contribution is 1.94. The summed E-state index contributed by atoms with van der Waals surface area (Å²) in [6.45, 7) is 3.55. The van der Waals surface area contributed by atoms with Gasteiger partial charge < -0.3 is 5.73 Å². The molecule has 0 saturated heterocycles. The highest BCUT2D eigenvalue weighted by molar-refractivity contribution is 5.95. The SMILES string of the molecule is C=CN(C)/N=C(\N)c1ccccn1. The molecule has 0 bridgehead atoms. The fraction of sp³-hybridized carbons (Fsp3) is 0.111. The van der Waals surface area contributed by atoms with Crippen LogP contribution in [0, 0.1) is 0 Å². The second-order valence-corrected chi connectivity index (χ2v) is 2.46. The van der Waals surface area contributed by atoms with Crippen molar-refractivity contribution in [3.8, 4) is 0 Å². The van der Waals surface area contributed by atoms with E-state index in [9.17, 15) is 0 Å². The van der Waals surface area contributed by atoms with Crippen LogP contribution in [-0.4, -0.2) is 22.9 Å². The first-order valence-electron chi connectivity index (χ1n) is 3.85. The Morgan fingerprint density at radius 1 is 1.69 bits per heavy atom. The van der Waals surface area contributed by atoms with Gasteiger partial charge in [-0.25, -0.2) is 0 Å². The van der Waals surface area contributed by atoms with Crippen molar-refractivity contribution in [3.63, 3.8) is 0 Å². The first kappa shape index (κ1) is 9.25. The van der Waals surface area contributed by atoms with Crippen LogP contribution < -0.4 is 5.73 Å². The zero-order chi connectivity index (χ0) is 9.68. The van der Waals surface area contributed by atoms with E-state index >= 15 is 0 Å². The van der Waals surface area contributed by atoms with E-state index in [1.165, 1.54) is 5.01 Å². The Bertz CT molecular complexity index is 305. The molecular weight excluding hydrogens is 164 g/mol. The molecule has 1 aromatic rings. The molecule has 4 heteroatoms. The molecule has 0 radical (unpaired) electrons. The number of amidine groups is 1.